The third kappa shape index (κ3) is 40.5. The van der Waals surface area contributed by atoms with Crippen molar-refractivity contribution in [2.24, 2.45) is 5.73 Å². The number of unbranched alkanes of at least 4 members (excludes halogenated alkanes) is 23. The molecule has 0 bridgehead atoms. The molecule has 4 N–H and O–H groups in total. The number of carbonyl (C=O) groups is 3. The molecule has 0 aromatic rings. The summed E-state index contributed by atoms with van der Waals surface area (Å²) in [6.45, 7) is 2.77. The lowest BCUT2D eigenvalue weighted by atomic mass is 10.1. The molecule has 338 valence electrons. The van der Waals surface area contributed by atoms with Gasteiger partial charge in [0.2, 0.25) is 0 Å². The van der Waals surface area contributed by atoms with Crippen LogP contribution in [0.4, 0.5) is 0 Å². The van der Waals surface area contributed by atoms with Crippen molar-refractivity contribution in [3.8, 4) is 0 Å². The SMILES string of the molecule is CCCCC/C=C/C/C=C/CCCCCCCCCC(=O)O[C@H](COC(=O)CCCCCCCCCCC/C=C/CCCCCC)COP(=O)(O)OC[C@H](N)C(=O)O. The van der Waals surface area contributed by atoms with Crippen LogP contribution in [0, 0.1) is 0 Å². The molecule has 0 aliphatic heterocycles. The zero-order valence-electron chi connectivity index (χ0n) is 36.6. The number of rotatable bonds is 43. The lowest BCUT2D eigenvalue weighted by molar-refractivity contribution is -0.161. The molecule has 0 aromatic heterocycles. The van der Waals surface area contributed by atoms with Crippen LogP contribution in [0.1, 0.15) is 206 Å². The van der Waals surface area contributed by atoms with E-state index in [1.165, 1.54) is 109 Å². The number of aliphatic carboxylic acids is 1. The Kier molecular flexibility index (Phi) is 39.8. The quantitative estimate of drug-likeness (QED) is 0.0231. The van der Waals surface area contributed by atoms with Crippen LogP contribution < -0.4 is 5.73 Å². The maximum Gasteiger partial charge on any atom is 0.472 e. The number of allylic oxidation sites excluding steroid dienone is 6. The lowest BCUT2D eigenvalue weighted by Gasteiger charge is -2.20. The summed E-state index contributed by atoms with van der Waals surface area (Å²) in [5.74, 6) is -2.39. The highest BCUT2D eigenvalue weighted by atomic mass is 31.2. The van der Waals surface area contributed by atoms with E-state index >= 15 is 0 Å². The molecule has 0 aliphatic carbocycles. The number of phosphoric acid groups is 1. The first-order valence-electron chi connectivity index (χ1n) is 23.0. The molecule has 0 rings (SSSR count). The van der Waals surface area contributed by atoms with Crippen molar-refractivity contribution >= 4 is 25.7 Å². The van der Waals surface area contributed by atoms with Gasteiger partial charge in [-0.1, -0.05) is 159 Å². The van der Waals surface area contributed by atoms with Gasteiger partial charge in [-0.3, -0.25) is 23.4 Å². The minimum absolute atomic E-state index is 0.152. The van der Waals surface area contributed by atoms with Crippen molar-refractivity contribution in [1.82, 2.24) is 0 Å². The number of hydrogen-bond acceptors (Lipinski definition) is 9. The molecule has 0 saturated carbocycles. The Bertz CT molecular complexity index is 1130. The normalized spacial score (nSPS) is 14.0. The minimum Gasteiger partial charge on any atom is -0.480 e. The molecule has 3 atom stereocenters. The summed E-state index contributed by atoms with van der Waals surface area (Å²) in [6, 6.07) is -1.52. The number of phosphoric ester groups is 1. The Balaban J connectivity index is 4.33. The first kappa shape index (κ1) is 55.7. The average molecular weight is 842 g/mol. The van der Waals surface area contributed by atoms with Crippen LogP contribution in [0.3, 0.4) is 0 Å². The molecule has 0 fully saturated rings. The molecule has 0 spiro atoms. The maximum atomic E-state index is 12.6. The maximum absolute atomic E-state index is 12.6. The molecule has 1 unspecified atom stereocenters. The van der Waals surface area contributed by atoms with Gasteiger partial charge in [-0.25, -0.2) is 4.57 Å². The topological polar surface area (TPSA) is 172 Å². The van der Waals surface area contributed by atoms with Crippen molar-refractivity contribution in [3.05, 3.63) is 36.5 Å². The van der Waals surface area contributed by atoms with E-state index in [2.05, 4.69) is 54.8 Å². The van der Waals surface area contributed by atoms with Crippen LogP contribution in [0.5, 0.6) is 0 Å². The summed E-state index contributed by atoms with van der Waals surface area (Å²) < 4.78 is 32.7. The van der Waals surface area contributed by atoms with E-state index in [1.807, 2.05) is 0 Å². The molecule has 0 aliphatic rings. The third-order valence-corrected chi connectivity index (χ3v) is 10.8. The fourth-order valence-electron chi connectivity index (χ4n) is 6.21. The van der Waals surface area contributed by atoms with Crippen LogP contribution in [0.2, 0.25) is 0 Å². The summed E-state index contributed by atoms with van der Waals surface area (Å²) >= 11 is 0. The largest absolute Gasteiger partial charge is 0.480 e. The first-order valence-corrected chi connectivity index (χ1v) is 24.5. The average Bonchev–Trinajstić information content (AvgIpc) is 3.20. The summed E-state index contributed by atoms with van der Waals surface area (Å²) in [7, 11) is -4.72. The number of nitrogens with two attached hydrogens (primary N) is 1. The highest BCUT2D eigenvalue weighted by Gasteiger charge is 2.28. The number of carbonyl (C=O) groups excluding carboxylic acids is 2. The van der Waals surface area contributed by atoms with Crippen LogP contribution in [0.15, 0.2) is 36.5 Å². The van der Waals surface area contributed by atoms with Crippen LogP contribution >= 0.6 is 7.82 Å². The van der Waals surface area contributed by atoms with E-state index in [9.17, 15) is 23.8 Å². The monoisotopic (exact) mass is 842 g/mol. The standard InChI is InChI=1S/C46H84NO10P/c1-3-5-7-9-11-13-15-17-19-21-23-25-27-29-31-33-35-37-44(48)54-39-42(40-55-58(52,53)56-41-43(47)46(50)51)57-45(49)38-36-34-32-30-28-26-24-22-20-18-16-14-12-10-8-6-4-2/h12-15,18,20,42-43H,3-11,16-17,19,21-41,47H2,1-2H3,(H,50,51)(H,52,53)/b14-12+,15-13+,20-18+/t42-,43+/m1/s1. The summed E-state index contributed by atoms with van der Waals surface area (Å²) in [4.78, 5) is 46.0. The van der Waals surface area contributed by atoms with Gasteiger partial charge in [-0.05, 0) is 70.6 Å². The van der Waals surface area contributed by atoms with Crippen molar-refractivity contribution in [2.75, 3.05) is 19.8 Å². The first-order chi connectivity index (χ1) is 28.1. The fraction of sp³-hybridized carbons (Fsp3) is 0.804. The Hall–Kier alpha value is -2.30. The van der Waals surface area contributed by atoms with E-state index in [0.717, 1.165) is 57.8 Å². The second kappa shape index (κ2) is 41.4. The summed E-state index contributed by atoms with van der Waals surface area (Å²) in [5.41, 5.74) is 5.34. The predicted octanol–water partition coefficient (Wildman–Crippen LogP) is 12.4. The van der Waals surface area contributed by atoms with Gasteiger partial charge < -0.3 is 25.2 Å². The van der Waals surface area contributed by atoms with Gasteiger partial charge >= 0.3 is 25.7 Å². The lowest BCUT2D eigenvalue weighted by Crippen LogP contribution is -2.34. The number of carboxylic acid groups (broad SMARTS) is 1. The van der Waals surface area contributed by atoms with Crippen molar-refractivity contribution in [1.29, 1.82) is 0 Å². The molecule has 0 amide bonds. The van der Waals surface area contributed by atoms with E-state index in [1.54, 1.807) is 0 Å². The highest BCUT2D eigenvalue weighted by molar-refractivity contribution is 7.47. The highest BCUT2D eigenvalue weighted by Crippen LogP contribution is 2.43. The Morgan fingerprint density at radius 2 is 0.914 bits per heavy atom. The van der Waals surface area contributed by atoms with Gasteiger partial charge in [0.25, 0.3) is 0 Å². The zero-order valence-corrected chi connectivity index (χ0v) is 37.5. The number of ether oxygens (including phenoxy) is 2. The number of carboxylic acids is 1. The molecule has 0 radical (unpaired) electrons. The van der Waals surface area contributed by atoms with Crippen LogP contribution in [-0.2, 0) is 37.5 Å². The van der Waals surface area contributed by atoms with E-state index in [-0.39, 0.29) is 19.4 Å². The summed E-state index contributed by atoms with van der Waals surface area (Å²) in [6.07, 6.45) is 44.8. The number of esters is 2. The molecular weight excluding hydrogens is 757 g/mol. The second-order valence-corrected chi connectivity index (χ2v) is 17.0. The number of hydrogen-bond donors (Lipinski definition) is 3. The molecule has 0 aromatic carbocycles. The molecule has 12 heteroatoms. The van der Waals surface area contributed by atoms with Gasteiger partial charge in [0.05, 0.1) is 13.2 Å². The van der Waals surface area contributed by atoms with Crippen LogP contribution in [-0.4, -0.2) is 59.9 Å². The van der Waals surface area contributed by atoms with Gasteiger partial charge in [-0.2, -0.15) is 0 Å². The molecule has 11 nitrogen and oxygen atoms in total. The van der Waals surface area contributed by atoms with Gasteiger partial charge in [0.15, 0.2) is 6.10 Å². The zero-order chi connectivity index (χ0) is 42.8. The Morgan fingerprint density at radius 3 is 1.40 bits per heavy atom. The molecular formula is C46H84NO10P. The second-order valence-electron chi connectivity index (χ2n) is 15.5. The van der Waals surface area contributed by atoms with Gasteiger partial charge in [0.1, 0.15) is 12.6 Å². The van der Waals surface area contributed by atoms with Gasteiger partial charge in [0, 0.05) is 12.8 Å². The fourth-order valence-corrected chi connectivity index (χ4v) is 6.99. The predicted molar refractivity (Wildman–Crippen MR) is 235 cm³/mol. The van der Waals surface area contributed by atoms with Gasteiger partial charge in [-0.15, -0.1) is 0 Å². The Morgan fingerprint density at radius 1 is 0.534 bits per heavy atom. The smallest absolute Gasteiger partial charge is 0.472 e. The third-order valence-electron chi connectivity index (χ3n) is 9.86. The summed E-state index contributed by atoms with van der Waals surface area (Å²) in [5, 5.41) is 8.90. The molecule has 0 saturated heterocycles. The Labute approximate surface area is 353 Å². The van der Waals surface area contributed by atoms with E-state index in [4.69, 9.17) is 24.8 Å². The van der Waals surface area contributed by atoms with E-state index < -0.39 is 51.1 Å². The minimum atomic E-state index is -4.72. The van der Waals surface area contributed by atoms with Crippen molar-refractivity contribution in [3.63, 3.8) is 0 Å². The van der Waals surface area contributed by atoms with E-state index in [0.29, 0.717) is 12.8 Å². The molecule has 0 heterocycles. The van der Waals surface area contributed by atoms with Crippen molar-refractivity contribution < 1.29 is 47.5 Å². The van der Waals surface area contributed by atoms with Crippen molar-refractivity contribution in [2.45, 2.75) is 219 Å². The van der Waals surface area contributed by atoms with Crippen LogP contribution in [0.25, 0.3) is 0 Å². The molecule has 58 heavy (non-hydrogen) atoms.